The van der Waals surface area contributed by atoms with Crippen LogP contribution in [0.15, 0.2) is 45.3 Å². The van der Waals surface area contributed by atoms with Crippen molar-refractivity contribution in [1.82, 2.24) is 0 Å². The van der Waals surface area contributed by atoms with E-state index in [1.54, 1.807) is 12.1 Å². The summed E-state index contributed by atoms with van der Waals surface area (Å²) in [5, 5.41) is 9.67. The van der Waals surface area contributed by atoms with Crippen LogP contribution in [0.5, 0.6) is 11.5 Å². The SMILES string of the molecule is N[C@@H](c1ccc(OC(F)(F)F)cc1)c1cc(Br)c(O)c(Br)c1. The molecule has 0 saturated carbocycles. The largest absolute Gasteiger partial charge is 0.573 e. The molecule has 0 unspecified atom stereocenters. The standard InChI is InChI=1S/C14H10Br2F3NO2/c15-10-5-8(6-11(16)13(10)21)12(20)7-1-3-9(4-2-7)22-14(17,18)19/h1-6,12,21H,20H2/t12-/m0/s1. The first-order valence-corrected chi connectivity index (χ1v) is 7.55. The Morgan fingerprint density at radius 1 is 1.00 bits per heavy atom. The quantitative estimate of drug-likeness (QED) is 0.716. The Morgan fingerprint density at radius 3 is 1.95 bits per heavy atom. The lowest BCUT2D eigenvalue weighted by Gasteiger charge is -2.15. The molecule has 0 saturated heterocycles. The van der Waals surface area contributed by atoms with Gasteiger partial charge in [-0.3, -0.25) is 0 Å². The van der Waals surface area contributed by atoms with E-state index in [-0.39, 0.29) is 11.5 Å². The van der Waals surface area contributed by atoms with Crippen LogP contribution >= 0.6 is 31.9 Å². The number of phenols is 1. The summed E-state index contributed by atoms with van der Waals surface area (Å²) in [6.07, 6.45) is -4.73. The number of hydrogen-bond donors (Lipinski definition) is 2. The minimum absolute atomic E-state index is 0.0462. The van der Waals surface area contributed by atoms with Crippen molar-refractivity contribution in [3.8, 4) is 11.5 Å². The van der Waals surface area contributed by atoms with E-state index in [0.29, 0.717) is 20.1 Å². The van der Waals surface area contributed by atoms with Gasteiger partial charge in [0, 0.05) is 0 Å². The lowest BCUT2D eigenvalue weighted by atomic mass is 9.99. The summed E-state index contributed by atoms with van der Waals surface area (Å²) in [4.78, 5) is 0. The van der Waals surface area contributed by atoms with Crippen LogP contribution in [0.1, 0.15) is 17.2 Å². The Labute approximate surface area is 141 Å². The van der Waals surface area contributed by atoms with Crippen molar-refractivity contribution in [2.45, 2.75) is 12.4 Å². The first-order chi connectivity index (χ1) is 10.2. The van der Waals surface area contributed by atoms with Crippen LogP contribution in [-0.2, 0) is 0 Å². The summed E-state index contributed by atoms with van der Waals surface area (Å²) in [5.41, 5.74) is 7.39. The van der Waals surface area contributed by atoms with Crippen molar-refractivity contribution in [2.24, 2.45) is 5.73 Å². The fourth-order valence-corrected chi connectivity index (χ4v) is 3.06. The third-order valence-electron chi connectivity index (χ3n) is 2.87. The molecule has 22 heavy (non-hydrogen) atoms. The zero-order valence-electron chi connectivity index (χ0n) is 10.9. The molecule has 3 N–H and O–H groups in total. The van der Waals surface area contributed by atoms with E-state index in [1.807, 2.05) is 0 Å². The molecule has 118 valence electrons. The number of rotatable bonds is 3. The minimum atomic E-state index is -4.73. The molecule has 0 aliphatic heterocycles. The number of hydrogen-bond acceptors (Lipinski definition) is 3. The van der Waals surface area contributed by atoms with Crippen molar-refractivity contribution in [1.29, 1.82) is 0 Å². The normalized spacial score (nSPS) is 13.0. The molecule has 0 spiro atoms. The van der Waals surface area contributed by atoms with E-state index in [2.05, 4.69) is 36.6 Å². The van der Waals surface area contributed by atoms with Crippen LogP contribution in [0.4, 0.5) is 13.2 Å². The van der Waals surface area contributed by atoms with Crippen LogP contribution in [0.3, 0.4) is 0 Å². The van der Waals surface area contributed by atoms with Crippen molar-refractivity contribution in [3.05, 3.63) is 56.5 Å². The lowest BCUT2D eigenvalue weighted by molar-refractivity contribution is -0.274. The van der Waals surface area contributed by atoms with Gasteiger partial charge in [0.2, 0.25) is 0 Å². The maximum absolute atomic E-state index is 12.1. The minimum Gasteiger partial charge on any atom is -0.506 e. The molecule has 0 aromatic heterocycles. The van der Waals surface area contributed by atoms with Gasteiger partial charge in [-0.15, -0.1) is 13.2 Å². The second-order valence-electron chi connectivity index (χ2n) is 4.43. The summed E-state index contributed by atoms with van der Waals surface area (Å²) in [6.45, 7) is 0. The number of halogens is 5. The van der Waals surface area contributed by atoms with Gasteiger partial charge >= 0.3 is 6.36 Å². The molecule has 0 bridgehead atoms. The maximum atomic E-state index is 12.1. The average molecular weight is 441 g/mol. The van der Waals surface area contributed by atoms with Crippen LogP contribution in [0, 0.1) is 0 Å². The number of aromatic hydroxyl groups is 1. The van der Waals surface area contributed by atoms with Gasteiger partial charge in [-0.25, -0.2) is 0 Å². The number of benzene rings is 2. The van der Waals surface area contributed by atoms with E-state index in [1.165, 1.54) is 24.3 Å². The summed E-state index contributed by atoms with van der Waals surface area (Å²) in [7, 11) is 0. The second-order valence-corrected chi connectivity index (χ2v) is 6.14. The highest BCUT2D eigenvalue weighted by Gasteiger charge is 2.31. The van der Waals surface area contributed by atoms with Gasteiger partial charge in [-0.05, 0) is 67.3 Å². The Hall–Kier alpha value is -1.25. The molecule has 1 atom stereocenters. The molecule has 0 fully saturated rings. The lowest BCUT2D eigenvalue weighted by Crippen LogP contribution is -2.17. The van der Waals surface area contributed by atoms with Crippen molar-refractivity contribution < 1.29 is 23.0 Å². The fourth-order valence-electron chi connectivity index (χ4n) is 1.83. The zero-order chi connectivity index (χ0) is 16.5. The molecule has 2 rings (SSSR count). The van der Waals surface area contributed by atoms with Crippen LogP contribution < -0.4 is 10.5 Å². The highest BCUT2D eigenvalue weighted by molar-refractivity contribution is 9.11. The van der Waals surface area contributed by atoms with E-state index in [4.69, 9.17) is 5.73 Å². The average Bonchev–Trinajstić information content (AvgIpc) is 2.42. The van der Waals surface area contributed by atoms with Crippen LogP contribution in [-0.4, -0.2) is 11.5 Å². The molecule has 0 heterocycles. The molecule has 2 aromatic rings. The Bertz CT molecular complexity index is 652. The Balaban J connectivity index is 2.25. The third-order valence-corrected chi connectivity index (χ3v) is 4.08. The Kier molecular flexibility index (Phi) is 5.03. The topological polar surface area (TPSA) is 55.5 Å². The Morgan fingerprint density at radius 2 is 1.50 bits per heavy atom. The first-order valence-electron chi connectivity index (χ1n) is 5.96. The number of nitrogens with two attached hydrogens (primary N) is 1. The molecule has 0 radical (unpaired) electrons. The van der Waals surface area contributed by atoms with Crippen LogP contribution in [0.2, 0.25) is 0 Å². The van der Waals surface area contributed by atoms with E-state index >= 15 is 0 Å². The van der Waals surface area contributed by atoms with E-state index in [0.717, 1.165) is 0 Å². The fraction of sp³-hybridized carbons (Fsp3) is 0.143. The first kappa shape index (κ1) is 17.1. The third kappa shape index (κ3) is 4.15. The molecular weight excluding hydrogens is 431 g/mol. The number of alkyl halides is 3. The van der Waals surface area contributed by atoms with E-state index < -0.39 is 12.4 Å². The number of ether oxygens (including phenoxy) is 1. The monoisotopic (exact) mass is 439 g/mol. The van der Waals surface area contributed by atoms with Gasteiger partial charge in [-0.1, -0.05) is 12.1 Å². The zero-order valence-corrected chi connectivity index (χ0v) is 14.0. The molecule has 3 nitrogen and oxygen atoms in total. The molecule has 8 heteroatoms. The summed E-state index contributed by atoms with van der Waals surface area (Å²) < 4.78 is 41.1. The van der Waals surface area contributed by atoms with Gasteiger partial charge in [0.1, 0.15) is 11.5 Å². The predicted octanol–water partition coefficient (Wildman–Crippen LogP) is 4.86. The predicted molar refractivity (Wildman–Crippen MR) is 82.7 cm³/mol. The van der Waals surface area contributed by atoms with Crippen molar-refractivity contribution in [3.63, 3.8) is 0 Å². The highest BCUT2D eigenvalue weighted by atomic mass is 79.9. The summed E-state index contributed by atoms with van der Waals surface area (Å²) >= 11 is 6.40. The van der Waals surface area contributed by atoms with Gasteiger partial charge in [0.15, 0.2) is 0 Å². The van der Waals surface area contributed by atoms with Crippen LogP contribution in [0.25, 0.3) is 0 Å². The smallest absolute Gasteiger partial charge is 0.506 e. The van der Waals surface area contributed by atoms with Gasteiger partial charge in [-0.2, -0.15) is 0 Å². The maximum Gasteiger partial charge on any atom is 0.573 e. The molecule has 0 aliphatic rings. The van der Waals surface area contributed by atoms with E-state index in [9.17, 15) is 18.3 Å². The molecule has 0 amide bonds. The molecule has 0 aliphatic carbocycles. The summed E-state index contributed by atoms with van der Waals surface area (Å²) in [6, 6.07) is 8.05. The van der Waals surface area contributed by atoms with Gasteiger partial charge in [0.05, 0.1) is 15.0 Å². The van der Waals surface area contributed by atoms with Gasteiger partial charge in [0.25, 0.3) is 0 Å². The van der Waals surface area contributed by atoms with Gasteiger partial charge < -0.3 is 15.6 Å². The molecule has 2 aromatic carbocycles. The highest BCUT2D eigenvalue weighted by Crippen LogP contribution is 2.36. The van der Waals surface area contributed by atoms with Crippen molar-refractivity contribution >= 4 is 31.9 Å². The van der Waals surface area contributed by atoms with Crippen molar-refractivity contribution in [2.75, 3.05) is 0 Å². The molecular formula is C14H10Br2F3NO2. The summed E-state index contributed by atoms with van der Waals surface area (Å²) in [5.74, 6) is -0.263. The number of phenolic OH excluding ortho intramolecular Hbond substituents is 1. The second kappa shape index (κ2) is 6.47.